The van der Waals surface area contributed by atoms with Crippen molar-refractivity contribution in [3.05, 3.63) is 27.9 Å². The first-order valence-corrected chi connectivity index (χ1v) is 5.78. The molecule has 0 aliphatic heterocycles. The van der Waals surface area contributed by atoms with Gasteiger partial charge in [0.25, 0.3) is 5.69 Å². The molecule has 9 heteroatoms. The highest BCUT2D eigenvalue weighted by molar-refractivity contribution is 5.70. The number of esters is 1. The first kappa shape index (κ1) is 15.8. The number of hydrogen-bond acceptors (Lipinski definition) is 8. The van der Waals surface area contributed by atoms with Gasteiger partial charge in [0.15, 0.2) is 0 Å². The summed E-state index contributed by atoms with van der Waals surface area (Å²) in [4.78, 5) is 24.7. The number of aliphatic hydroxyl groups is 2. The van der Waals surface area contributed by atoms with Crippen LogP contribution in [0.5, 0.6) is 0 Å². The summed E-state index contributed by atoms with van der Waals surface area (Å²) in [5.41, 5.74) is 5.00. The minimum atomic E-state index is -1.58. The Balaban J connectivity index is 2.90. The van der Waals surface area contributed by atoms with Gasteiger partial charge in [0.1, 0.15) is 18.1 Å². The van der Waals surface area contributed by atoms with Gasteiger partial charge in [-0.05, 0) is 6.92 Å². The van der Waals surface area contributed by atoms with Gasteiger partial charge in [-0.15, -0.1) is 0 Å². The maximum Gasteiger partial charge on any atom is 0.308 e. The smallest absolute Gasteiger partial charge is 0.308 e. The van der Waals surface area contributed by atoms with E-state index in [1.807, 2.05) is 0 Å². The highest BCUT2D eigenvalue weighted by Crippen LogP contribution is 2.26. The van der Waals surface area contributed by atoms with Crippen LogP contribution in [0.2, 0.25) is 0 Å². The second-order valence-electron chi connectivity index (χ2n) is 3.95. The van der Waals surface area contributed by atoms with Crippen molar-refractivity contribution < 1.29 is 24.7 Å². The second kappa shape index (κ2) is 6.78. The van der Waals surface area contributed by atoms with Crippen molar-refractivity contribution in [3.63, 3.8) is 0 Å². The van der Waals surface area contributed by atoms with Crippen LogP contribution in [0.3, 0.4) is 0 Å². The normalized spacial score (nSPS) is 13.6. The Hall–Kier alpha value is -2.26. The number of aliphatic hydroxyl groups excluding tert-OH is 2. The van der Waals surface area contributed by atoms with Gasteiger partial charge < -0.3 is 20.7 Å². The molecule has 1 heterocycles. The Morgan fingerprint density at radius 1 is 1.60 bits per heavy atom. The Bertz CT molecular complexity index is 507. The lowest BCUT2D eigenvalue weighted by atomic mass is 10.0. The molecule has 0 amide bonds. The first-order chi connectivity index (χ1) is 9.36. The summed E-state index contributed by atoms with van der Waals surface area (Å²) >= 11 is 0. The summed E-state index contributed by atoms with van der Waals surface area (Å²) in [6, 6.07) is 1.00. The predicted molar refractivity (Wildman–Crippen MR) is 67.5 cm³/mol. The van der Waals surface area contributed by atoms with Gasteiger partial charge in [0.05, 0.1) is 24.1 Å². The lowest BCUT2D eigenvalue weighted by Crippen LogP contribution is -2.24. The Labute approximate surface area is 114 Å². The molecular weight excluding hydrogens is 270 g/mol. The molecule has 0 saturated heterocycles. The third-order valence-corrected chi connectivity index (χ3v) is 2.51. The summed E-state index contributed by atoms with van der Waals surface area (Å²) in [5.74, 6) is -0.859. The summed E-state index contributed by atoms with van der Waals surface area (Å²) in [5, 5.41) is 30.2. The molecule has 110 valence electrons. The van der Waals surface area contributed by atoms with E-state index in [9.17, 15) is 25.1 Å². The van der Waals surface area contributed by atoms with E-state index in [0.717, 1.165) is 12.3 Å². The number of nitrogens with zero attached hydrogens (tertiary/aromatic N) is 2. The number of aromatic nitrogens is 1. The van der Waals surface area contributed by atoms with Crippen molar-refractivity contribution in [3.8, 4) is 0 Å². The van der Waals surface area contributed by atoms with Crippen molar-refractivity contribution >= 4 is 17.5 Å². The molecule has 0 bridgehead atoms. The molecule has 20 heavy (non-hydrogen) atoms. The van der Waals surface area contributed by atoms with Crippen LogP contribution in [-0.2, 0) is 9.53 Å². The molecule has 0 saturated carbocycles. The summed E-state index contributed by atoms with van der Waals surface area (Å²) in [6.45, 7) is 1.74. The van der Waals surface area contributed by atoms with Crippen LogP contribution < -0.4 is 5.73 Å². The minimum Gasteiger partial charge on any atom is -0.466 e. The number of nitro groups is 1. The molecular formula is C11H15N3O6. The minimum absolute atomic E-state index is 0.115. The number of anilines is 1. The Morgan fingerprint density at radius 2 is 2.25 bits per heavy atom. The van der Waals surface area contributed by atoms with E-state index in [1.165, 1.54) is 0 Å². The zero-order chi connectivity index (χ0) is 15.3. The molecule has 0 aliphatic rings. The van der Waals surface area contributed by atoms with E-state index < -0.39 is 29.5 Å². The molecule has 0 spiro atoms. The third-order valence-electron chi connectivity index (χ3n) is 2.51. The topological polar surface area (TPSA) is 149 Å². The van der Waals surface area contributed by atoms with Gasteiger partial charge in [0, 0.05) is 11.6 Å². The van der Waals surface area contributed by atoms with Crippen LogP contribution in [-0.4, -0.2) is 38.8 Å². The second-order valence-corrected chi connectivity index (χ2v) is 3.95. The average molecular weight is 285 g/mol. The lowest BCUT2D eigenvalue weighted by Gasteiger charge is -2.18. The number of ether oxygens (including phenoxy) is 1. The standard InChI is InChI=1S/C11H15N3O6/c1-2-20-9(16)4-8(15)10(17)7-3-6(14(18)19)5-13-11(7)12/h3,5,8,10,15,17H,2,4H2,1H3,(H2,12,13). The Morgan fingerprint density at radius 3 is 2.80 bits per heavy atom. The van der Waals surface area contributed by atoms with Crippen LogP contribution in [0.4, 0.5) is 11.5 Å². The molecule has 4 N–H and O–H groups in total. The fraction of sp³-hybridized carbons (Fsp3) is 0.455. The number of carbonyl (C=O) groups excluding carboxylic acids is 1. The van der Waals surface area contributed by atoms with Crippen LogP contribution >= 0.6 is 0 Å². The molecule has 2 atom stereocenters. The van der Waals surface area contributed by atoms with Gasteiger partial charge in [0.2, 0.25) is 0 Å². The average Bonchev–Trinajstić information content (AvgIpc) is 2.38. The van der Waals surface area contributed by atoms with Gasteiger partial charge in [-0.25, -0.2) is 4.98 Å². The Kier molecular flexibility index (Phi) is 5.35. The summed E-state index contributed by atoms with van der Waals surface area (Å²) in [6.07, 6.45) is -2.60. The number of rotatable bonds is 6. The number of nitrogen functional groups attached to an aromatic ring is 1. The van der Waals surface area contributed by atoms with Crippen LogP contribution in [0.15, 0.2) is 12.3 Å². The number of carbonyl (C=O) groups is 1. The maximum atomic E-state index is 11.2. The monoisotopic (exact) mass is 285 g/mol. The molecule has 9 nitrogen and oxygen atoms in total. The molecule has 1 aromatic rings. The molecule has 2 unspecified atom stereocenters. The highest BCUT2D eigenvalue weighted by Gasteiger charge is 2.26. The zero-order valence-electron chi connectivity index (χ0n) is 10.7. The molecule has 0 radical (unpaired) electrons. The third kappa shape index (κ3) is 3.87. The number of hydrogen-bond donors (Lipinski definition) is 3. The van der Waals surface area contributed by atoms with Crippen molar-refractivity contribution in [1.29, 1.82) is 0 Å². The molecule has 1 rings (SSSR count). The lowest BCUT2D eigenvalue weighted by molar-refractivity contribution is -0.385. The highest BCUT2D eigenvalue weighted by atomic mass is 16.6. The van der Waals surface area contributed by atoms with Crippen LogP contribution in [0.25, 0.3) is 0 Å². The van der Waals surface area contributed by atoms with Crippen molar-refractivity contribution in [1.82, 2.24) is 4.98 Å². The molecule has 0 aliphatic carbocycles. The van der Waals surface area contributed by atoms with Gasteiger partial charge in [-0.1, -0.05) is 0 Å². The van der Waals surface area contributed by atoms with Gasteiger partial charge in [-0.2, -0.15) is 0 Å². The number of nitrogens with two attached hydrogens (primary N) is 1. The summed E-state index contributed by atoms with van der Waals surface area (Å²) < 4.78 is 4.63. The van der Waals surface area contributed by atoms with Crippen molar-refractivity contribution in [2.24, 2.45) is 0 Å². The number of pyridine rings is 1. The van der Waals surface area contributed by atoms with Crippen molar-refractivity contribution in [2.45, 2.75) is 25.6 Å². The fourth-order valence-corrected chi connectivity index (χ4v) is 1.53. The first-order valence-electron chi connectivity index (χ1n) is 5.78. The van der Waals surface area contributed by atoms with E-state index in [2.05, 4.69) is 9.72 Å². The van der Waals surface area contributed by atoms with E-state index in [4.69, 9.17) is 5.73 Å². The summed E-state index contributed by atoms with van der Waals surface area (Å²) in [7, 11) is 0. The van der Waals surface area contributed by atoms with Crippen LogP contribution in [0.1, 0.15) is 25.0 Å². The SMILES string of the molecule is CCOC(=O)CC(O)C(O)c1cc([N+](=O)[O-])cnc1N. The van der Waals surface area contributed by atoms with E-state index in [1.54, 1.807) is 6.92 Å². The van der Waals surface area contributed by atoms with E-state index in [-0.39, 0.29) is 23.7 Å². The maximum absolute atomic E-state index is 11.2. The molecule has 0 aromatic carbocycles. The zero-order valence-corrected chi connectivity index (χ0v) is 10.7. The quantitative estimate of drug-likeness (QED) is 0.373. The fourth-order valence-electron chi connectivity index (χ4n) is 1.53. The predicted octanol–water partition coefficient (Wildman–Crippen LogP) is -0.0805. The largest absolute Gasteiger partial charge is 0.466 e. The van der Waals surface area contributed by atoms with E-state index in [0.29, 0.717) is 0 Å². The van der Waals surface area contributed by atoms with Gasteiger partial charge in [-0.3, -0.25) is 14.9 Å². The molecule has 1 aromatic heterocycles. The van der Waals surface area contributed by atoms with Gasteiger partial charge >= 0.3 is 5.97 Å². The van der Waals surface area contributed by atoms with E-state index >= 15 is 0 Å². The molecule has 0 fully saturated rings. The van der Waals surface area contributed by atoms with Crippen LogP contribution in [0, 0.1) is 10.1 Å². The van der Waals surface area contributed by atoms with Crippen molar-refractivity contribution in [2.75, 3.05) is 12.3 Å².